The predicted molar refractivity (Wildman–Crippen MR) is 59.6 cm³/mol. The third-order valence-electron chi connectivity index (χ3n) is 1.98. The average Bonchev–Trinajstić information content (AvgIpc) is 2.02. The molecule has 0 fully saturated rings. The lowest BCUT2D eigenvalue weighted by Crippen LogP contribution is -2.28. The number of benzene rings is 1. The van der Waals surface area contributed by atoms with Crippen molar-refractivity contribution in [2.75, 3.05) is 7.11 Å². The third-order valence-corrected chi connectivity index (χ3v) is 2.61. The van der Waals surface area contributed by atoms with Gasteiger partial charge in [0, 0.05) is 11.1 Å². The van der Waals surface area contributed by atoms with Crippen molar-refractivity contribution in [2.45, 2.75) is 19.4 Å². The summed E-state index contributed by atoms with van der Waals surface area (Å²) >= 11 is 3.28. The number of ether oxygens (including phenoxy) is 1. The van der Waals surface area contributed by atoms with E-state index < -0.39 is 5.54 Å². The number of nitrogens with two attached hydrogens (primary N) is 1. The molecule has 0 aliphatic heterocycles. The van der Waals surface area contributed by atoms with Gasteiger partial charge in [0.25, 0.3) is 0 Å². The van der Waals surface area contributed by atoms with Gasteiger partial charge < -0.3 is 15.6 Å². The predicted octanol–water partition coefficient (Wildman–Crippen LogP) is 2.36. The minimum absolute atomic E-state index is 0.0920. The summed E-state index contributed by atoms with van der Waals surface area (Å²) in [4.78, 5) is 0. The highest BCUT2D eigenvalue weighted by Crippen LogP contribution is 2.40. The largest absolute Gasteiger partial charge is 0.504 e. The molecule has 0 aliphatic carbocycles. The van der Waals surface area contributed by atoms with E-state index in [1.807, 2.05) is 19.9 Å². The Hall–Kier alpha value is -0.740. The van der Waals surface area contributed by atoms with E-state index in [-0.39, 0.29) is 5.75 Å². The Morgan fingerprint density at radius 3 is 2.43 bits per heavy atom. The Morgan fingerprint density at radius 1 is 1.43 bits per heavy atom. The Kier molecular flexibility index (Phi) is 3.07. The molecule has 0 aliphatic rings. The third kappa shape index (κ3) is 2.01. The Bertz CT molecular complexity index is 345. The zero-order valence-electron chi connectivity index (χ0n) is 8.47. The molecule has 0 aromatic heterocycles. The van der Waals surface area contributed by atoms with Crippen LogP contribution in [0.15, 0.2) is 16.6 Å². The molecule has 1 aromatic carbocycles. The van der Waals surface area contributed by atoms with Gasteiger partial charge in [0.1, 0.15) is 0 Å². The highest BCUT2D eigenvalue weighted by molar-refractivity contribution is 9.10. The fraction of sp³-hybridized carbons (Fsp3) is 0.400. The van der Waals surface area contributed by atoms with Crippen LogP contribution in [0.4, 0.5) is 0 Å². The number of hydrogen-bond donors (Lipinski definition) is 2. The molecular formula is C10H14BrNO2. The summed E-state index contributed by atoms with van der Waals surface area (Å²) in [6, 6.07) is 3.59. The van der Waals surface area contributed by atoms with Gasteiger partial charge in [-0.1, -0.05) is 6.07 Å². The summed E-state index contributed by atoms with van der Waals surface area (Å²) in [6.07, 6.45) is 0. The first kappa shape index (κ1) is 11.3. The SMILES string of the molecule is COc1c(Br)ccc(C(C)(C)N)c1O. The molecule has 0 bridgehead atoms. The molecule has 0 saturated heterocycles. The average molecular weight is 260 g/mol. The van der Waals surface area contributed by atoms with Crippen molar-refractivity contribution in [1.82, 2.24) is 0 Å². The highest BCUT2D eigenvalue weighted by atomic mass is 79.9. The zero-order valence-corrected chi connectivity index (χ0v) is 10.1. The number of hydrogen-bond acceptors (Lipinski definition) is 3. The van der Waals surface area contributed by atoms with Crippen LogP contribution in [0.3, 0.4) is 0 Å². The van der Waals surface area contributed by atoms with Crippen LogP contribution >= 0.6 is 15.9 Å². The second kappa shape index (κ2) is 3.79. The van der Waals surface area contributed by atoms with E-state index in [1.54, 1.807) is 6.07 Å². The number of aromatic hydroxyl groups is 1. The van der Waals surface area contributed by atoms with Gasteiger partial charge in [0.2, 0.25) is 0 Å². The fourth-order valence-electron chi connectivity index (χ4n) is 1.26. The normalized spacial score (nSPS) is 11.5. The quantitative estimate of drug-likeness (QED) is 0.858. The van der Waals surface area contributed by atoms with Crippen LogP contribution < -0.4 is 10.5 Å². The maximum absolute atomic E-state index is 9.87. The minimum Gasteiger partial charge on any atom is -0.504 e. The van der Waals surface area contributed by atoms with Crippen molar-refractivity contribution in [3.05, 3.63) is 22.2 Å². The van der Waals surface area contributed by atoms with Gasteiger partial charge >= 0.3 is 0 Å². The molecule has 4 heteroatoms. The summed E-state index contributed by atoms with van der Waals surface area (Å²) in [7, 11) is 1.51. The van der Waals surface area contributed by atoms with Crippen molar-refractivity contribution in [1.29, 1.82) is 0 Å². The van der Waals surface area contributed by atoms with E-state index >= 15 is 0 Å². The van der Waals surface area contributed by atoms with E-state index in [2.05, 4.69) is 15.9 Å². The Morgan fingerprint density at radius 2 is 2.00 bits per heavy atom. The van der Waals surface area contributed by atoms with Crippen LogP contribution in [-0.2, 0) is 5.54 Å². The first-order valence-corrected chi connectivity index (χ1v) is 5.02. The van der Waals surface area contributed by atoms with E-state index in [1.165, 1.54) is 7.11 Å². The van der Waals surface area contributed by atoms with Gasteiger partial charge in [0.15, 0.2) is 11.5 Å². The van der Waals surface area contributed by atoms with Gasteiger partial charge in [0.05, 0.1) is 11.6 Å². The van der Waals surface area contributed by atoms with Gasteiger partial charge in [-0.15, -0.1) is 0 Å². The number of halogens is 1. The van der Waals surface area contributed by atoms with Crippen molar-refractivity contribution in [3.8, 4) is 11.5 Å². The topological polar surface area (TPSA) is 55.5 Å². The lowest BCUT2D eigenvalue weighted by Gasteiger charge is -2.21. The maximum Gasteiger partial charge on any atom is 0.175 e. The van der Waals surface area contributed by atoms with Crippen LogP contribution in [0, 0.1) is 0 Å². The molecule has 0 radical (unpaired) electrons. The molecule has 1 rings (SSSR count). The maximum atomic E-state index is 9.87. The molecule has 0 heterocycles. The first-order valence-electron chi connectivity index (χ1n) is 4.22. The summed E-state index contributed by atoms with van der Waals surface area (Å²) in [6.45, 7) is 3.66. The summed E-state index contributed by atoms with van der Waals surface area (Å²) in [5, 5.41) is 9.87. The van der Waals surface area contributed by atoms with Crippen molar-refractivity contribution >= 4 is 15.9 Å². The summed E-state index contributed by atoms with van der Waals surface area (Å²) < 4.78 is 5.77. The van der Waals surface area contributed by atoms with Crippen molar-refractivity contribution in [3.63, 3.8) is 0 Å². The van der Waals surface area contributed by atoms with Crippen LogP contribution in [0.1, 0.15) is 19.4 Å². The van der Waals surface area contributed by atoms with Crippen molar-refractivity contribution in [2.24, 2.45) is 5.73 Å². The second-order valence-corrected chi connectivity index (χ2v) is 4.55. The molecule has 0 spiro atoms. The minimum atomic E-state index is -0.585. The number of rotatable bonds is 2. The lowest BCUT2D eigenvalue weighted by atomic mass is 9.94. The lowest BCUT2D eigenvalue weighted by molar-refractivity contribution is 0.360. The highest BCUT2D eigenvalue weighted by Gasteiger charge is 2.22. The Balaban J connectivity index is 3.36. The molecule has 3 N–H and O–H groups in total. The number of methoxy groups -OCH3 is 1. The van der Waals surface area contributed by atoms with Crippen LogP contribution in [0.5, 0.6) is 11.5 Å². The van der Waals surface area contributed by atoms with Gasteiger partial charge in [-0.25, -0.2) is 0 Å². The van der Waals surface area contributed by atoms with E-state index in [4.69, 9.17) is 10.5 Å². The van der Waals surface area contributed by atoms with Gasteiger partial charge in [-0.3, -0.25) is 0 Å². The monoisotopic (exact) mass is 259 g/mol. The zero-order chi connectivity index (χ0) is 10.9. The van der Waals surface area contributed by atoms with Crippen LogP contribution in [0.25, 0.3) is 0 Å². The van der Waals surface area contributed by atoms with Crippen LogP contribution in [-0.4, -0.2) is 12.2 Å². The number of phenols is 1. The summed E-state index contributed by atoms with van der Waals surface area (Å²) in [5.74, 6) is 0.510. The first-order chi connectivity index (χ1) is 6.38. The van der Waals surface area contributed by atoms with E-state index in [0.717, 1.165) is 0 Å². The number of phenolic OH excluding ortho intramolecular Hbond substituents is 1. The summed E-state index contributed by atoms with van der Waals surface area (Å²) in [5.41, 5.74) is 5.98. The molecule has 1 aromatic rings. The molecular weight excluding hydrogens is 246 g/mol. The second-order valence-electron chi connectivity index (χ2n) is 3.70. The van der Waals surface area contributed by atoms with Gasteiger partial charge in [-0.05, 0) is 35.8 Å². The molecule has 0 atom stereocenters. The molecule has 0 saturated carbocycles. The van der Waals surface area contributed by atoms with Crippen molar-refractivity contribution < 1.29 is 9.84 Å². The smallest absolute Gasteiger partial charge is 0.175 e. The molecule has 14 heavy (non-hydrogen) atoms. The van der Waals surface area contributed by atoms with E-state index in [0.29, 0.717) is 15.8 Å². The molecule has 78 valence electrons. The van der Waals surface area contributed by atoms with E-state index in [9.17, 15) is 5.11 Å². The van der Waals surface area contributed by atoms with Gasteiger partial charge in [-0.2, -0.15) is 0 Å². The molecule has 0 amide bonds. The fourth-order valence-corrected chi connectivity index (χ4v) is 1.74. The molecule has 3 nitrogen and oxygen atoms in total. The van der Waals surface area contributed by atoms with Crippen LogP contribution in [0.2, 0.25) is 0 Å². The molecule has 0 unspecified atom stereocenters. The Labute approximate surface area is 92.0 Å². The standard InChI is InChI=1S/C10H14BrNO2/c1-10(2,12)6-4-5-7(11)9(14-3)8(6)13/h4-5,13H,12H2,1-3H3.